The van der Waals surface area contributed by atoms with E-state index < -0.39 is 0 Å². The molecule has 1 heteroatoms. The molecular formula is C17H21N. The van der Waals surface area contributed by atoms with Crippen LogP contribution in [0.5, 0.6) is 0 Å². The van der Waals surface area contributed by atoms with Crippen molar-refractivity contribution < 1.29 is 0 Å². The first-order valence-corrected chi connectivity index (χ1v) is 7.35. The highest BCUT2D eigenvalue weighted by Gasteiger charge is 2.39. The fourth-order valence-corrected chi connectivity index (χ4v) is 4.33. The first kappa shape index (κ1) is 10.7. The van der Waals surface area contributed by atoms with E-state index in [0.717, 1.165) is 17.8 Å². The second kappa shape index (κ2) is 3.88. The summed E-state index contributed by atoms with van der Waals surface area (Å²) < 4.78 is 2.49. The summed E-state index contributed by atoms with van der Waals surface area (Å²) in [6.07, 6.45) is 8.29. The lowest BCUT2D eigenvalue weighted by Crippen LogP contribution is -2.16. The number of rotatable bonds is 2. The molecule has 0 saturated heterocycles. The molecule has 2 aliphatic carbocycles. The first-order valence-electron chi connectivity index (χ1n) is 7.35. The summed E-state index contributed by atoms with van der Waals surface area (Å²) in [6.45, 7) is 3.42. The summed E-state index contributed by atoms with van der Waals surface area (Å²) in [5, 5.41) is 1.40. The largest absolute Gasteiger partial charge is 0.347 e. The molecule has 0 amide bonds. The molecule has 2 aromatic rings. The molecule has 2 saturated carbocycles. The fourth-order valence-electron chi connectivity index (χ4n) is 4.33. The van der Waals surface area contributed by atoms with Gasteiger partial charge >= 0.3 is 0 Å². The van der Waals surface area contributed by atoms with Gasteiger partial charge in [0.15, 0.2) is 0 Å². The summed E-state index contributed by atoms with van der Waals surface area (Å²) in [6, 6.07) is 9.10. The maximum atomic E-state index is 2.49. The van der Waals surface area contributed by atoms with Gasteiger partial charge in [-0.2, -0.15) is 0 Å². The molecule has 1 heterocycles. The Balaban J connectivity index is 1.63. The third-order valence-electron chi connectivity index (χ3n) is 5.24. The molecule has 3 unspecified atom stereocenters. The van der Waals surface area contributed by atoms with Gasteiger partial charge in [0.1, 0.15) is 0 Å². The van der Waals surface area contributed by atoms with Crippen LogP contribution in [-0.4, -0.2) is 4.57 Å². The highest BCUT2D eigenvalue weighted by molar-refractivity contribution is 5.80. The molecule has 1 aromatic heterocycles. The fraction of sp³-hybridized carbons (Fsp3) is 0.529. The van der Waals surface area contributed by atoms with Crippen LogP contribution in [0.3, 0.4) is 0 Å². The molecule has 1 aromatic carbocycles. The molecule has 94 valence electrons. The maximum Gasteiger partial charge on any atom is 0.0480 e. The molecule has 2 fully saturated rings. The number of hydrogen-bond acceptors (Lipinski definition) is 0. The number of aryl methyl sites for hydroxylation is 1. The average Bonchev–Trinajstić information content (AvgIpc) is 3.04. The van der Waals surface area contributed by atoms with Crippen molar-refractivity contribution in [3.8, 4) is 0 Å². The Labute approximate surface area is 109 Å². The lowest BCUT2D eigenvalue weighted by atomic mass is 9.89. The third kappa shape index (κ3) is 1.60. The van der Waals surface area contributed by atoms with E-state index in [4.69, 9.17) is 0 Å². The second-order valence-electron chi connectivity index (χ2n) is 6.47. The minimum absolute atomic E-state index is 0.945. The molecule has 0 aliphatic heterocycles. The smallest absolute Gasteiger partial charge is 0.0480 e. The highest BCUT2D eigenvalue weighted by Crippen LogP contribution is 2.49. The summed E-state index contributed by atoms with van der Waals surface area (Å²) >= 11 is 0. The Morgan fingerprint density at radius 3 is 2.89 bits per heavy atom. The Kier molecular flexibility index (Phi) is 2.30. The van der Waals surface area contributed by atoms with Crippen LogP contribution < -0.4 is 0 Å². The van der Waals surface area contributed by atoms with Crippen LogP contribution in [0.15, 0.2) is 30.5 Å². The maximum absolute atomic E-state index is 2.49. The van der Waals surface area contributed by atoms with Crippen molar-refractivity contribution in [2.45, 2.75) is 39.2 Å². The van der Waals surface area contributed by atoms with Gasteiger partial charge in [0.2, 0.25) is 0 Å². The van der Waals surface area contributed by atoms with Gasteiger partial charge in [-0.25, -0.2) is 0 Å². The lowest BCUT2D eigenvalue weighted by molar-refractivity contribution is 0.299. The van der Waals surface area contributed by atoms with E-state index in [9.17, 15) is 0 Å². The minimum Gasteiger partial charge on any atom is -0.347 e. The third-order valence-corrected chi connectivity index (χ3v) is 5.24. The molecule has 4 rings (SSSR count). The van der Waals surface area contributed by atoms with E-state index in [1.165, 1.54) is 48.7 Å². The van der Waals surface area contributed by atoms with E-state index in [-0.39, 0.29) is 0 Å². The van der Waals surface area contributed by atoms with Crippen LogP contribution in [-0.2, 0) is 6.54 Å². The molecule has 18 heavy (non-hydrogen) atoms. The molecule has 0 spiro atoms. The standard InChI is InChI=1S/C17H21N/c1-12-2-5-17-15(8-12)6-7-18(17)11-16-10-13-3-4-14(16)9-13/h2,5-8,13-14,16H,3-4,9-11H2,1H3. The first-order chi connectivity index (χ1) is 8.79. The van der Waals surface area contributed by atoms with E-state index in [0.29, 0.717) is 0 Å². The van der Waals surface area contributed by atoms with Crippen LogP contribution in [0.4, 0.5) is 0 Å². The summed E-state index contributed by atoms with van der Waals surface area (Å²) in [5.74, 6) is 3.03. The van der Waals surface area contributed by atoms with Gasteiger partial charge in [0.05, 0.1) is 0 Å². The average molecular weight is 239 g/mol. The molecule has 2 bridgehead atoms. The molecule has 0 radical (unpaired) electrons. The SMILES string of the molecule is Cc1ccc2c(ccn2CC2CC3CCC2C3)c1. The zero-order valence-electron chi connectivity index (χ0n) is 11.1. The van der Waals surface area contributed by atoms with Gasteiger partial charge in [-0.15, -0.1) is 0 Å². The van der Waals surface area contributed by atoms with Gasteiger partial charge in [-0.3, -0.25) is 0 Å². The zero-order chi connectivity index (χ0) is 12.1. The quantitative estimate of drug-likeness (QED) is 0.732. The predicted molar refractivity (Wildman–Crippen MR) is 75.6 cm³/mol. The van der Waals surface area contributed by atoms with Crippen LogP contribution in [0.2, 0.25) is 0 Å². The number of nitrogens with zero attached hydrogens (tertiary/aromatic N) is 1. The van der Waals surface area contributed by atoms with Crippen LogP contribution >= 0.6 is 0 Å². The Morgan fingerprint density at radius 2 is 2.11 bits per heavy atom. The number of benzene rings is 1. The number of fused-ring (bicyclic) bond motifs is 3. The van der Waals surface area contributed by atoms with E-state index in [2.05, 4.69) is 42.0 Å². The van der Waals surface area contributed by atoms with Gasteiger partial charge < -0.3 is 4.57 Å². The normalized spacial score (nSPS) is 30.4. The topological polar surface area (TPSA) is 4.93 Å². The van der Waals surface area contributed by atoms with Crippen molar-refractivity contribution in [3.05, 3.63) is 36.0 Å². The van der Waals surface area contributed by atoms with Crippen LogP contribution in [0.25, 0.3) is 10.9 Å². The number of hydrogen-bond donors (Lipinski definition) is 0. The molecule has 0 N–H and O–H groups in total. The van der Waals surface area contributed by atoms with Crippen molar-refractivity contribution in [3.63, 3.8) is 0 Å². The Morgan fingerprint density at radius 1 is 1.17 bits per heavy atom. The van der Waals surface area contributed by atoms with Gasteiger partial charge in [-0.05, 0) is 67.5 Å². The molecule has 3 atom stereocenters. The van der Waals surface area contributed by atoms with Crippen LogP contribution in [0, 0.1) is 24.7 Å². The minimum atomic E-state index is 0.945. The van der Waals surface area contributed by atoms with E-state index >= 15 is 0 Å². The predicted octanol–water partition coefficient (Wildman–Crippen LogP) is 4.39. The van der Waals surface area contributed by atoms with E-state index in [1.54, 1.807) is 0 Å². The summed E-state index contributed by atoms with van der Waals surface area (Å²) in [5.41, 5.74) is 2.78. The summed E-state index contributed by atoms with van der Waals surface area (Å²) in [7, 11) is 0. The lowest BCUT2D eigenvalue weighted by Gasteiger charge is -2.22. The zero-order valence-corrected chi connectivity index (χ0v) is 11.1. The van der Waals surface area contributed by atoms with Crippen molar-refractivity contribution in [2.24, 2.45) is 17.8 Å². The number of aromatic nitrogens is 1. The van der Waals surface area contributed by atoms with Gasteiger partial charge in [0.25, 0.3) is 0 Å². The highest BCUT2D eigenvalue weighted by atomic mass is 15.0. The van der Waals surface area contributed by atoms with E-state index in [1.807, 2.05) is 0 Å². The van der Waals surface area contributed by atoms with Gasteiger partial charge in [-0.1, -0.05) is 18.1 Å². The van der Waals surface area contributed by atoms with Crippen molar-refractivity contribution in [2.75, 3.05) is 0 Å². The van der Waals surface area contributed by atoms with Crippen molar-refractivity contribution in [1.82, 2.24) is 4.57 Å². The molecule has 1 nitrogen and oxygen atoms in total. The molecule has 2 aliphatic rings. The molecular weight excluding hydrogens is 218 g/mol. The van der Waals surface area contributed by atoms with Crippen LogP contribution in [0.1, 0.15) is 31.2 Å². The Bertz CT molecular complexity index is 580. The summed E-state index contributed by atoms with van der Waals surface area (Å²) in [4.78, 5) is 0. The second-order valence-corrected chi connectivity index (χ2v) is 6.47. The monoisotopic (exact) mass is 239 g/mol. The van der Waals surface area contributed by atoms with Crippen molar-refractivity contribution >= 4 is 10.9 Å². The van der Waals surface area contributed by atoms with Crippen molar-refractivity contribution in [1.29, 1.82) is 0 Å². The van der Waals surface area contributed by atoms with Gasteiger partial charge in [0, 0.05) is 18.3 Å². The Hall–Kier alpha value is -1.24.